The van der Waals surface area contributed by atoms with Gasteiger partial charge in [-0.15, -0.1) is 0 Å². The second kappa shape index (κ2) is 6.64. The Kier molecular flexibility index (Phi) is 4.29. The van der Waals surface area contributed by atoms with Gasteiger partial charge < -0.3 is 8.83 Å². The van der Waals surface area contributed by atoms with Crippen molar-refractivity contribution in [3.63, 3.8) is 0 Å². The lowest BCUT2D eigenvalue weighted by molar-refractivity contribution is 0.508. The molecule has 1 N–H and O–H groups in total. The number of benzene rings is 2. The Labute approximate surface area is 158 Å². The Morgan fingerprint density at radius 3 is 2.56 bits per heavy atom. The fourth-order valence-electron chi connectivity index (χ4n) is 2.68. The van der Waals surface area contributed by atoms with E-state index in [4.69, 9.17) is 20.4 Å². The molecular formula is C18H13ClN2O5S. The average molecular weight is 405 g/mol. The van der Waals surface area contributed by atoms with E-state index in [1.54, 1.807) is 36.4 Å². The molecule has 0 radical (unpaired) electrons. The fraction of sp³-hybridized carbons (Fsp3) is 0.0556. The van der Waals surface area contributed by atoms with Crippen molar-refractivity contribution in [3.8, 4) is 0 Å². The SMILES string of the molecule is O=c1[nH]c2ccc(S(=O)(=O)N(Cc3ccco3)c3ccc(Cl)cc3)cc2o1. The Bertz CT molecular complexity index is 1240. The number of rotatable bonds is 5. The van der Waals surface area contributed by atoms with Gasteiger partial charge in [-0.2, -0.15) is 0 Å². The fourth-order valence-corrected chi connectivity index (χ4v) is 4.25. The van der Waals surface area contributed by atoms with Crippen LogP contribution in [0.25, 0.3) is 11.1 Å². The Hall–Kier alpha value is -2.97. The molecule has 7 nitrogen and oxygen atoms in total. The summed E-state index contributed by atoms with van der Waals surface area (Å²) in [6.45, 7) is -0.00785. The monoisotopic (exact) mass is 404 g/mol. The quantitative estimate of drug-likeness (QED) is 0.546. The third kappa shape index (κ3) is 3.36. The van der Waals surface area contributed by atoms with Crippen LogP contribution in [0.3, 0.4) is 0 Å². The summed E-state index contributed by atoms with van der Waals surface area (Å²) in [5, 5.41) is 0.490. The van der Waals surface area contributed by atoms with Gasteiger partial charge in [0.2, 0.25) is 0 Å². The molecule has 2 aromatic carbocycles. The summed E-state index contributed by atoms with van der Waals surface area (Å²) in [6, 6.07) is 14.0. The van der Waals surface area contributed by atoms with Gasteiger partial charge in [-0.3, -0.25) is 9.29 Å². The summed E-state index contributed by atoms with van der Waals surface area (Å²) < 4.78 is 38.1. The molecule has 0 aliphatic heterocycles. The van der Waals surface area contributed by atoms with E-state index in [2.05, 4.69) is 4.98 Å². The molecular weight excluding hydrogens is 392 g/mol. The summed E-state index contributed by atoms with van der Waals surface area (Å²) in [5.74, 6) is -0.174. The van der Waals surface area contributed by atoms with Crippen molar-refractivity contribution in [2.75, 3.05) is 4.31 Å². The van der Waals surface area contributed by atoms with Crippen LogP contribution in [0.15, 0.2) is 79.4 Å². The van der Waals surface area contributed by atoms with E-state index in [-0.39, 0.29) is 17.0 Å². The van der Waals surface area contributed by atoms with Crippen molar-refractivity contribution >= 4 is 38.4 Å². The van der Waals surface area contributed by atoms with Crippen LogP contribution in [0.4, 0.5) is 5.69 Å². The number of sulfonamides is 1. The number of hydrogen-bond donors (Lipinski definition) is 1. The van der Waals surface area contributed by atoms with Gasteiger partial charge >= 0.3 is 5.76 Å². The molecule has 0 aliphatic carbocycles. The van der Waals surface area contributed by atoms with Gasteiger partial charge in [-0.1, -0.05) is 11.6 Å². The summed E-state index contributed by atoms with van der Waals surface area (Å²) in [6.07, 6.45) is 1.47. The van der Waals surface area contributed by atoms with E-state index in [0.717, 1.165) is 0 Å². The topological polar surface area (TPSA) is 96.5 Å². The molecule has 0 saturated carbocycles. The van der Waals surface area contributed by atoms with Crippen molar-refractivity contribution in [1.29, 1.82) is 0 Å². The van der Waals surface area contributed by atoms with Crippen LogP contribution in [-0.2, 0) is 16.6 Å². The molecule has 0 saturated heterocycles. The Morgan fingerprint density at radius 1 is 1.07 bits per heavy atom. The number of oxazole rings is 1. The van der Waals surface area contributed by atoms with Gasteiger partial charge in [-0.05, 0) is 48.5 Å². The minimum Gasteiger partial charge on any atom is -0.467 e. The summed E-state index contributed by atoms with van der Waals surface area (Å²) in [5.41, 5.74) is 1.00. The number of aromatic nitrogens is 1. The minimum atomic E-state index is -3.97. The van der Waals surface area contributed by atoms with Gasteiger partial charge in [0, 0.05) is 11.1 Å². The van der Waals surface area contributed by atoms with E-state index >= 15 is 0 Å². The van der Waals surface area contributed by atoms with Crippen LogP contribution < -0.4 is 10.1 Å². The summed E-state index contributed by atoms with van der Waals surface area (Å²) >= 11 is 5.93. The zero-order chi connectivity index (χ0) is 19.0. The van der Waals surface area contributed by atoms with Crippen LogP contribution in [0, 0.1) is 0 Å². The second-order valence-corrected chi connectivity index (χ2v) is 8.04. The van der Waals surface area contributed by atoms with Crippen molar-refractivity contribution in [2.24, 2.45) is 0 Å². The van der Waals surface area contributed by atoms with Crippen molar-refractivity contribution in [3.05, 3.63) is 82.2 Å². The maximum Gasteiger partial charge on any atom is 0.417 e. The van der Waals surface area contributed by atoms with Gasteiger partial charge in [-0.25, -0.2) is 13.2 Å². The van der Waals surface area contributed by atoms with E-state index in [1.165, 1.54) is 28.8 Å². The van der Waals surface area contributed by atoms with Crippen molar-refractivity contribution < 1.29 is 17.3 Å². The molecule has 2 heterocycles. The van der Waals surface area contributed by atoms with Gasteiger partial charge in [0.15, 0.2) is 5.58 Å². The Morgan fingerprint density at radius 2 is 1.85 bits per heavy atom. The lowest BCUT2D eigenvalue weighted by Crippen LogP contribution is -2.30. The van der Waals surface area contributed by atoms with Gasteiger partial charge in [0.1, 0.15) is 5.76 Å². The summed E-state index contributed by atoms with van der Waals surface area (Å²) in [7, 11) is -3.97. The van der Waals surface area contributed by atoms with E-state index in [0.29, 0.717) is 22.0 Å². The number of aromatic amines is 1. The number of nitrogens with zero attached hydrogens (tertiary/aromatic N) is 1. The normalized spacial score (nSPS) is 11.7. The molecule has 4 rings (SSSR count). The van der Waals surface area contributed by atoms with Crippen LogP contribution in [0.5, 0.6) is 0 Å². The smallest absolute Gasteiger partial charge is 0.417 e. The zero-order valence-electron chi connectivity index (χ0n) is 13.8. The number of H-pyrrole nitrogens is 1. The van der Waals surface area contributed by atoms with Gasteiger partial charge in [0.05, 0.1) is 28.9 Å². The molecule has 0 amide bonds. The highest BCUT2D eigenvalue weighted by molar-refractivity contribution is 7.92. The molecule has 0 bridgehead atoms. The highest BCUT2D eigenvalue weighted by Gasteiger charge is 2.27. The van der Waals surface area contributed by atoms with E-state index in [9.17, 15) is 13.2 Å². The number of nitrogens with one attached hydrogen (secondary N) is 1. The molecule has 138 valence electrons. The van der Waals surface area contributed by atoms with Crippen molar-refractivity contribution in [1.82, 2.24) is 4.98 Å². The van der Waals surface area contributed by atoms with Crippen LogP contribution >= 0.6 is 11.6 Å². The predicted molar refractivity (Wildman–Crippen MR) is 100 cm³/mol. The highest BCUT2D eigenvalue weighted by Crippen LogP contribution is 2.28. The standard InChI is InChI=1S/C18H13ClN2O5S/c19-12-3-5-13(6-4-12)21(11-14-2-1-9-25-14)27(23,24)15-7-8-16-17(10-15)26-18(22)20-16/h1-10H,11H2,(H,20,22). The third-order valence-corrected chi connectivity index (χ3v) is 6.00. The lowest BCUT2D eigenvalue weighted by Gasteiger charge is -2.23. The molecule has 0 fully saturated rings. The first-order valence-electron chi connectivity index (χ1n) is 7.87. The first-order valence-corrected chi connectivity index (χ1v) is 9.69. The number of halogens is 1. The molecule has 0 unspecified atom stereocenters. The van der Waals surface area contributed by atoms with Crippen LogP contribution in [0.1, 0.15) is 5.76 Å². The minimum absolute atomic E-state index is 0.00785. The first-order chi connectivity index (χ1) is 12.9. The largest absolute Gasteiger partial charge is 0.467 e. The van der Waals surface area contributed by atoms with E-state index in [1.807, 2.05) is 0 Å². The zero-order valence-corrected chi connectivity index (χ0v) is 15.3. The molecule has 0 atom stereocenters. The molecule has 0 spiro atoms. The number of furan rings is 1. The lowest BCUT2D eigenvalue weighted by atomic mass is 10.3. The van der Waals surface area contributed by atoms with E-state index < -0.39 is 15.8 Å². The maximum atomic E-state index is 13.3. The van der Waals surface area contributed by atoms with Crippen LogP contribution in [0.2, 0.25) is 5.02 Å². The molecule has 9 heteroatoms. The second-order valence-electron chi connectivity index (χ2n) is 5.74. The number of fused-ring (bicyclic) bond motifs is 1. The highest BCUT2D eigenvalue weighted by atomic mass is 35.5. The number of anilines is 1. The molecule has 4 aromatic rings. The van der Waals surface area contributed by atoms with Crippen molar-refractivity contribution in [2.45, 2.75) is 11.4 Å². The Balaban J connectivity index is 1.82. The maximum absolute atomic E-state index is 13.3. The molecule has 0 aliphatic rings. The molecule has 2 aromatic heterocycles. The third-order valence-electron chi connectivity index (χ3n) is 3.97. The molecule has 27 heavy (non-hydrogen) atoms. The predicted octanol–water partition coefficient (Wildman–Crippen LogP) is 3.76. The number of hydrogen-bond acceptors (Lipinski definition) is 5. The average Bonchev–Trinajstić information content (AvgIpc) is 3.28. The summed E-state index contributed by atoms with van der Waals surface area (Å²) in [4.78, 5) is 13.8. The first kappa shape index (κ1) is 17.4. The van der Waals surface area contributed by atoms with Gasteiger partial charge in [0.25, 0.3) is 10.0 Å². The van der Waals surface area contributed by atoms with Crippen LogP contribution in [-0.4, -0.2) is 13.4 Å².